The second kappa shape index (κ2) is 4.90. The van der Waals surface area contributed by atoms with E-state index in [0.29, 0.717) is 5.92 Å². The van der Waals surface area contributed by atoms with Crippen molar-refractivity contribution in [2.24, 2.45) is 5.92 Å². The van der Waals surface area contributed by atoms with Crippen LogP contribution in [0.25, 0.3) is 0 Å². The summed E-state index contributed by atoms with van der Waals surface area (Å²) in [4.78, 5) is 2.53. The maximum atomic E-state index is 2.53. The van der Waals surface area contributed by atoms with Crippen LogP contribution >= 0.6 is 0 Å². The Morgan fingerprint density at radius 2 is 1.94 bits per heavy atom. The Balaban J connectivity index is 2.05. The van der Waals surface area contributed by atoms with Gasteiger partial charge in [0, 0.05) is 18.8 Å². The third kappa shape index (κ3) is 2.40. The van der Waals surface area contributed by atoms with Gasteiger partial charge in [-0.1, -0.05) is 39.3 Å². The van der Waals surface area contributed by atoms with Gasteiger partial charge in [-0.3, -0.25) is 0 Å². The number of benzene rings is 1. The zero-order chi connectivity index (χ0) is 11.5. The van der Waals surface area contributed by atoms with E-state index in [4.69, 9.17) is 0 Å². The molecule has 1 nitrogen and oxygen atoms in total. The second-order valence-electron chi connectivity index (χ2n) is 5.26. The largest absolute Gasteiger partial charge is 0.371 e. The molecule has 0 aliphatic carbocycles. The zero-order valence-electron chi connectivity index (χ0n) is 10.7. The maximum absolute atomic E-state index is 2.53. The molecule has 0 N–H and O–H groups in total. The molecule has 1 aromatic rings. The fourth-order valence-corrected chi connectivity index (χ4v) is 2.47. The van der Waals surface area contributed by atoms with Gasteiger partial charge in [0.1, 0.15) is 0 Å². The molecular formula is C15H23N. The Hall–Kier alpha value is -0.980. The molecule has 88 valence electrons. The lowest BCUT2D eigenvalue weighted by Crippen LogP contribution is -2.19. The molecule has 2 rings (SSSR count). The minimum absolute atomic E-state index is 0.635. The van der Waals surface area contributed by atoms with Crippen LogP contribution in [0, 0.1) is 5.92 Å². The van der Waals surface area contributed by atoms with Crippen LogP contribution in [0.4, 0.5) is 5.69 Å². The Bertz CT molecular complexity index is 326. The number of rotatable bonds is 3. The van der Waals surface area contributed by atoms with Crippen molar-refractivity contribution < 1.29 is 0 Å². The van der Waals surface area contributed by atoms with E-state index < -0.39 is 0 Å². The van der Waals surface area contributed by atoms with E-state index in [1.807, 2.05) is 0 Å². The van der Waals surface area contributed by atoms with E-state index in [0.717, 1.165) is 5.92 Å². The average molecular weight is 217 g/mol. The molecule has 1 saturated heterocycles. The van der Waals surface area contributed by atoms with Gasteiger partial charge in [-0.2, -0.15) is 0 Å². The van der Waals surface area contributed by atoms with Gasteiger partial charge in [0.2, 0.25) is 0 Å². The molecular weight excluding hydrogens is 194 g/mol. The third-order valence-corrected chi connectivity index (χ3v) is 3.79. The van der Waals surface area contributed by atoms with Crippen LogP contribution in [0.1, 0.15) is 45.1 Å². The van der Waals surface area contributed by atoms with Gasteiger partial charge >= 0.3 is 0 Å². The lowest BCUT2D eigenvalue weighted by Gasteiger charge is -2.19. The van der Waals surface area contributed by atoms with Gasteiger partial charge in [-0.25, -0.2) is 0 Å². The van der Waals surface area contributed by atoms with Gasteiger partial charge in [-0.15, -0.1) is 0 Å². The van der Waals surface area contributed by atoms with E-state index in [1.54, 1.807) is 0 Å². The predicted octanol–water partition coefficient (Wildman–Crippen LogP) is 4.05. The van der Waals surface area contributed by atoms with Gasteiger partial charge in [0.25, 0.3) is 0 Å². The Labute approximate surface area is 99.5 Å². The smallest absolute Gasteiger partial charge is 0.0366 e. The van der Waals surface area contributed by atoms with E-state index in [1.165, 1.54) is 37.2 Å². The minimum atomic E-state index is 0.635. The van der Waals surface area contributed by atoms with Crippen molar-refractivity contribution in [2.75, 3.05) is 18.0 Å². The molecule has 0 aromatic heterocycles. The average Bonchev–Trinajstić information content (AvgIpc) is 2.77. The molecule has 1 fully saturated rings. The number of hydrogen-bond acceptors (Lipinski definition) is 1. The first-order chi connectivity index (χ1) is 7.70. The molecule has 1 aromatic carbocycles. The van der Waals surface area contributed by atoms with E-state index in [-0.39, 0.29) is 0 Å². The molecule has 1 aliphatic rings. The fraction of sp³-hybridized carbons (Fsp3) is 0.600. The first kappa shape index (κ1) is 11.5. The molecule has 1 heteroatoms. The standard InChI is InChI=1S/C15H23N/c1-4-13-9-10-16(11-13)15-7-5-14(6-8-15)12(2)3/h5-8,12-13H,4,9-11H2,1-3H3. The highest BCUT2D eigenvalue weighted by Crippen LogP contribution is 2.26. The van der Waals surface area contributed by atoms with Crippen molar-refractivity contribution in [3.05, 3.63) is 29.8 Å². The van der Waals surface area contributed by atoms with Gasteiger partial charge < -0.3 is 4.90 Å². The van der Waals surface area contributed by atoms with E-state index >= 15 is 0 Å². The molecule has 1 atom stereocenters. The highest BCUT2D eigenvalue weighted by atomic mass is 15.1. The molecule has 1 heterocycles. The van der Waals surface area contributed by atoms with Crippen molar-refractivity contribution >= 4 is 5.69 Å². The predicted molar refractivity (Wildman–Crippen MR) is 71.1 cm³/mol. The van der Waals surface area contributed by atoms with Crippen molar-refractivity contribution in [2.45, 2.75) is 39.5 Å². The lowest BCUT2D eigenvalue weighted by atomic mass is 10.0. The van der Waals surface area contributed by atoms with Crippen molar-refractivity contribution in [3.63, 3.8) is 0 Å². The first-order valence-corrected chi connectivity index (χ1v) is 6.55. The quantitative estimate of drug-likeness (QED) is 0.738. The van der Waals surface area contributed by atoms with Crippen LogP contribution in [0.2, 0.25) is 0 Å². The van der Waals surface area contributed by atoms with Crippen LogP contribution in [-0.2, 0) is 0 Å². The summed E-state index contributed by atoms with van der Waals surface area (Å²) < 4.78 is 0. The lowest BCUT2D eigenvalue weighted by molar-refractivity contribution is 0.569. The van der Waals surface area contributed by atoms with Crippen molar-refractivity contribution in [1.82, 2.24) is 0 Å². The van der Waals surface area contributed by atoms with Crippen LogP contribution < -0.4 is 4.90 Å². The molecule has 0 bridgehead atoms. The monoisotopic (exact) mass is 217 g/mol. The fourth-order valence-electron chi connectivity index (χ4n) is 2.47. The van der Waals surface area contributed by atoms with Gasteiger partial charge in [-0.05, 0) is 36.0 Å². The van der Waals surface area contributed by atoms with Gasteiger partial charge in [0.05, 0.1) is 0 Å². The summed E-state index contributed by atoms with van der Waals surface area (Å²) in [6, 6.07) is 9.12. The molecule has 0 amide bonds. The van der Waals surface area contributed by atoms with E-state index in [9.17, 15) is 0 Å². The molecule has 16 heavy (non-hydrogen) atoms. The Kier molecular flexibility index (Phi) is 3.52. The highest BCUT2D eigenvalue weighted by molar-refractivity contribution is 5.48. The van der Waals surface area contributed by atoms with Crippen LogP contribution in [0.5, 0.6) is 0 Å². The van der Waals surface area contributed by atoms with Crippen LogP contribution in [0.15, 0.2) is 24.3 Å². The molecule has 1 unspecified atom stereocenters. The molecule has 0 saturated carbocycles. The van der Waals surface area contributed by atoms with Gasteiger partial charge in [0.15, 0.2) is 0 Å². The zero-order valence-corrected chi connectivity index (χ0v) is 10.7. The Morgan fingerprint density at radius 1 is 1.25 bits per heavy atom. The third-order valence-electron chi connectivity index (χ3n) is 3.79. The van der Waals surface area contributed by atoms with Crippen LogP contribution in [-0.4, -0.2) is 13.1 Å². The SMILES string of the molecule is CCC1CCN(c2ccc(C(C)C)cc2)C1. The summed E-state index contributed by atoms with van der Waals surface area (Å²) >= 11 is 0. The molecule has 1 aliphatic heterocycles. The molecule has 0 radical (unpaired) electrons. The maximum Gasteiger partial charge on any atom is 0.0366 e. The van der Waals surface area contributed by atoms with E-state index in [2.05, 4.69) is 49.9 Å². The number of anilines is 1. The summed E-state index contributed by atoms with van der Waals surface area (Å²) in [6.45, 7) is 9.28. The summed E-state index contributed by atoms with van der Waals surface area (Å²) in [5.41, 5.74) is 2.84. The molecule has 0 spiro atoms. The minimum Gasteiger partial charge on any atom is -0.371 e. The van der Waals surface area contributed by atoms with Crippen molar-refractivity contribution in [3.8, 4) is 0 Å². The summed E-state index contributed by atoms with van der Waals surface area (Å²) in [7, 11) is 0. The van der Waals surface area contributed by atoms with Crippen LogP contribution in [0.3, 0.4) is 0 Å². The normalized spacial score (nSPS) is 20.8. The number of nitrogens with zero attached hydrogens (tertiary/aromatic N) is 1. The second-order valence-corrected chi connectivity index (χ2v) is 5.26. The number of hydrogen-bond donors (Lipinski definition) is 0. The highest BCUT2D eigenvalue weighted by Gasteiger charge is 2.20. The Morgan fingerprint density at radius 3 is 2.44 bits per heavy atom. The summed E-state index contributed by atoms with van der Waals surface area (Å²) in [6.07, 6.45) is 2.68. The first-order valence-electron chi connectivity index (χ1n) is 6.55. The topological polar surface area (TPSA) is 3.24 Å². The summed E-state index contributed by atoms with van der Waals surface area (Å²) in [5, 5.41) is 0. The summed E-state index contributed by atoms with van der Waals surface area (Å²) in [5.74, 6) is 1.54. The van der Waals surface area contributed by atoms with Crippen molar-refractivity contribution in [1.29, 1.82) is 0 Å².